The number of carboxylic acids is 1. The Labute approximate surface area is 155 Å². The highest BCUT2D eigenvalue weighted by atomic mass is 32.2. The van der Waals surface area contributed by atoms with Crippen LogP contribution < -0.4 is 14.6 Å². The van der Waals surface area contributed by atoms with E-state index in [9.17, 15) is 14.7 Å². The number of benzene rings is 2. The standard InChI is InChI=1S/C19H19NO5S/c1-24-14-8-13(9-15(10-14)25-2)17(21)20-16(19(22)23)11-26-18(20)12-6-4-3-5-7-12/h3-10,16,18H,11H2,1-2H3,(H,22,23)/p-1/t16-,18-/m0/s1. The van der Waals surface area contributed by atoms with Gasteiger partial charge in [-0.2, -0.15) is 0 Å². The van der Waals surface area contributed by atoms with Crippen molar-refractivity contribution in [2.45, 2.75) is 11.4 Å². The van der Waals surface area contributed by atoms with Crippen LogP contribution in [0.3, 0.4) is 0 Å². The van der Waals surface area contributed by atoms with Crippen LogP contribution in [0.4, 0.5) is 0 Å². The fourth-order valence-corrected chi connectivity index (χ4v) is 4.30. The first kappa shape index (κ1) is 18.1. The second-order valence-corrected chi connectivity index (χ2v) is 6.86. The van der Waals surface area contributed by atoms with Gasteiger partial charge in [0.1, 0.15) is 16.9 Å². The molecule has 1 saturated heterocycles. The molecule has 0 aromatic heterocycles. The smallest absolute Gasteiger partial charge is 0.255 e. The minimum absolute atomic E-state index is 0.273. The average molecular weight is 372 g/mol. The molecule has 2 aromatic carbocycles. The van der Waals surface area contributed by atoms with Crippen LogP contribution in [0.2, 0.25) is 0 Å². The summed E-state index contributed by atoms with van der Waals surface area (Å²) in [5.74, 6) is -0.481. The summed E-state index contributed by atoms with van der Waals surface area (Å²) >= 11 is 1.40. The van der Waals surface area contributed by atoms with Gasteiger partial charge in [-0.25, -0.2) is 0 Å². The largest absolute Gasteiger partial charge is 0.548 e. The molecule has 0 aliphatic carbocycles. The van der Waals surface area contributed by atoms with E-state index in [2.05, 4.69) is 0 Å². The third-order valence-electron chi connectivity index (χ3n) is 4.19. The van der Waals surface area contributed by atoms with Crippen LogP contribution in [0.25, 0.3) is 0 Å². The highest BCUT2D eigenvalue weighted by Crippen LogP contribution is 2.42. The molecule has 0 bridgehead atoms. The highest BCUT2D eigenvalue weighted by Gasteiger charge is 2.39. The number of carbonyl (C=O) groups is 2. The quantitative estimate of drug-likeness (QED) is 0.795. The Kier molecular flexibility index (Phi) is 5.37. The molecular weight excluding hydrogens is 354 g/mol. The van der Waals surface area contributed by atoms with Gasteiger partial charge in [0.15, 0.2) is 0 Å². The monoisotopic (exact) mass is 372 g/mol. The zero-order valence-corrected chi connectivity index (χ0v) is 15.2. The van der Waals surface area contributed by atoms with E-state index in [0.29, 0.717) is 17.1 Å². The van der Waals surface area contributed by atoms with E-state index in [1.165, 1.54) is 30.9 Å². The summed E-state index contributed by atoms with van der Waals surface area (Å²) < 4.78 is 10.4. The van der Waals surface area contributed by atoms with Crippen molar-refractivity contribution in [3.8, 4) is 11.5 Å². The van der Waals surface area contributed by atoms with E-state index >= 15 is 0 Å². The maximum absolute atomic E-state index is 13.2. The van der Waals surface area contributed by atoms with E-state index in [-0.39, 0.29) is 5.75 Å². The first-order chi connectivity index (χ1) is 12.5. The molecule has 0 unspecified atom stereocenters. The van der Waals surface area contributed by atoms with Crippen molar-refractivity contribution < 1.29 is 24.2 Å². The number of hydrogen-bond acceptors (Lipinski definition) is 6. The van der Waals surface area contributed by atoms with Gasteiger partial charge in [-0.1, -0.05) is 30.3 Å². The molecule has 0 saturated carbocycles. The van der Waals surface area contributed by atoms with E-state index in [1.807, 2.05) is 30.3 Å². The summed E-state index contributed by atoms with van der Waals surface area (Å²) in [7, 11) is 2.98. The number of hydrogen-bond donors (Lipinski definition) is 0. The van der Waals surface area contributed by atoms with Crippen molar-refractivity contribution in [1.29, 1.82) is 0 Å². The molecule has 136 valence electrons. The summed E-state index contributed by atoms with van der Waals surface area (Å²) in [6.07, 6.45) is 0. The van der Waals surface area contributed by atoms with Gasteiger partial charge in [0.2, 0.25) is 0 Å². The van der Waals surface area contributed by atoms with Crippen molar-refractivity contribution in [1.82, 2.24) is 4.90 Å². The normalized spacial score (nSPS) is 19.2. The summed E-state index contributed by atoms with van der Waals surface area (Å²) in [4.78, 5) is 26.2. The second-order valence-electron chi connectivity index (χ2n) is 5.74. The lowest BCUT2D eigenvalue weighted by Crippen LogP contribution is -2.49. The lowest BCUT2D eigenvalue weighted by Gasteiger charge is -2.30. The van der Waals surface area contributed by atoms with Crippen molar-refractivity contribution in [2.24, 2.45) is 0 Å². The molecule has 2 aromatic rings. The van der Waals surface area contributed by atoms with Crippen molar-refractivity contribution in [3.05, 3.63) is 59.7 Å². The van der Waals surface area contributed by atoms with Crippen LogP contribution in [0.1, 0.15) is 21.3 Å². The highest BCUT2D eigenvalue weighted by molar-refractivity contribution is 7.99. The third-order valence-corrected chi connectivity index (χ3v) is 5.51. The molecule has 0 spiro atoms. The zero-order valence-electron chi connectivity index (χ0n) is 14.4. The van der Waals surface area contributed by atoms with Gasteiger partial charge in [-0.05, 0) is 17.7 Å². The molecule has 0 N–H and O–H groups in total. The van der Waals surface area contributed by atoms with Crippen molar-refractivity contribution >= 4 is 23.6 Å². The van der Waals surface area contributed by atoms with Crippen LogP contribution in [0.5, 0.6) is 11.5 Å². The van der Waals surface area contributed by atoms with Gasteiger partial charge in [0, 0.05) is 17.4 Å². The molecule has 0 radical (unpaired) electrons. The van der Waals surface area contributed by atoms with Crippen molar-refractivity contribution in [3.63, 3.8) is 0 Å². The summed E-state index contributed by atoms with van der Waals surface area (Å²) in [5.41, 5.74) is 1.17. The molecule has 1 aliphatic rings. The van der Waals surface area contributed by atoms with Gasteiger partial charge in [-0.15, -0.1) is 11.8 Å². The third kappa shape index (κ3) is 3.48. The molecular formula is C19H18NO5S-. The van der Waals surface area contributed by atoms with Crippen molar-refractivity contribution in [2.75, 3.05) is 20.0 Å². The molecule has 26 heavy (non-hydrogen) atoms. The molecule has 6 nitrogen and oxygen atoms in total. The molecule has 7 heteroatoms. The number of aliphatic carboxylic acids is 1. The van der Waals surface area contributed by atoms with E-state index in [4.69, 9.17) is 9.47 Å². The molecule has 2 atom stereocenters. The minimum Gasteiger partial charge on any atom is -0.548 e. The van der Waals surface area contributed by atoms with Gasteiger partial charge in [0.25, 0.3) is 5.91 Å². The Morgan fingerprint density at radius 2 is 1.69 bits per heavy atom. The molecule has 3 rings (SSSR count). The SMILES string of the molecule is COc1cc(OC)cc(C(=O)N2[C@H](C(=O)[O-])CS[C@H]2c2ccccc2)c1. The topological polar surface area (TPSA) is 78.9 Å². The number of ether oxygens (including phenoxy) is 2. The number of methoxy groups -OCH3 is 2. The number of rotatable bonds is 5. The number of carboxylic acid groups (broad SMARTS) is 1. The maximum atomic E-state index is 13.2. The predicted molar refractivity (Wildman–Crippen MR) is 96.2 cm³/mol. The Morgan fingerprint density at radius 3 is 2.23 bits per heavy atom. The van der Waals surface area contributed by atoms with Gasteiger partial charge in [0.05, 0.1) is 26.2 Å². The summed E-state index contributed by atoms with van der Waals surface area (Å²) in [6.45, 7) is 0. The predicted octanol–water partition coefficient (Wildman–Crippen LogP) is 1.71. The number of thioether (sulfide) groups is 1. The molecule has 1 fully saturated rings. The summed E-state index contributed by atoms with van der Waals surface area (Å²) in [5, 5.41) is 11.2. The fraction of sp³-hybridized carbons (Fsp3) is 0.263. The van der Waals surface area contributed by atoms with Gasteiger partial charge < -0.3 is 24.3 Å². The number of amides is 1. The number of carbonyl (C=O) groups excluding carboxylic acids is 2. The first-order valence-electron chi connectivity index (χ1n) is 7.98. The average Bonchev–Trinajstić information content (AvgIpc) is 3.13. The van der Waals surface area contributed by atoms with Gasteiger partial charge in [-0.3, -0.25) is 4.79 Å². The van der Waals surface area contributed by atoms with Crippen LogP contribution in [0, 0.1) is 0 Å². The number of nitrogens with zero attached hydrogens (tertiary/aromatic N) is 1. The summed E-state index contributed by atoms with van der Waals surface area (Å²) in [6, 6.07) is 13.1. The molecule has 1 heterocycles. The second kappa shape index (κ2) is 7.70. The Balaban J connectivity index is 2.02. The van der Waals surface area contributed by atoms with Gasteiger partial charge >= 0.3 is 0 Å². The minimum atomic E-state index is -1.26. The zero-order chi connectivity index (χ0) is 18.7. The van der Waals surface area contributed by atoms with Crippen LogP contribution in [0.15, 0.2) is 48.5 Å². The van der Waals surface area contributed by atoms with Crippen LogP contribution in [-0.2, 0) is 4.79 Å². The Bertz CT molecular complexity index is 789. The Morgan fingerprint density at radius 1 is 1.08 bits per heavy atom. The fourth-order valence-electron chi connectivity index (χ4n) is 2.89. The molecule has 1 amide bonds. The van der Waals surface area contributed by atoms with E-state index < -0.39 is 23.3 Å². The lowest BCUT2D eigenvalue weighted by molar-refractivity contribution is -0.310. The first-order valence-corrected chi connectivity index (χ1v) is 9.03. The Hall–Kier alpha value is -2.67. The van der Waals surface area contributed by atoms with Crippen LogP contribution in [-0.4, -0.2) is 42.8 Å². The van der Waals surface area contributed by atoms with E-state index in [0.717, 1.165) is 5.56 Å². The lowest BCUT2D eigenvalue weighted by atomic mass is 10.1. The van der Waals surface area contributed by atoms with E-state index in [1.54, 1.807) is 18.2 Å². The maximum Gasteiger partial charge on any atom is 0.255 e. The van der Waals surface area contributed by atoms with Crippen LogP contribution >= 0.6 is 11.8 Å². The molecule has 1 aliphatic heterocycles.